The first-order valence-electron chi connectivity index (χ1n) is 6.77. The minimum Gasteiger partial charge on any atom is -0.493 e. The highest BCUT2D eigenvalue weighted by atomic mass is 16.5. The first kappa shape index (κ1) is 15.8. The largest absolute Gasteiger partial charge is 0.493 e. The zero-order valence-corrected chi connectivity index (χ0v) is 13.1. The van der Waals surface area contributed by atoms with E-state index in [-0.39, 0.29) is 0 Å². The summed E-state index contributed by atoms with van der Waals surface area (Å²) in [5.74, 6) is 1.73. The summed E-state index contributed by atoms with van der Waals surface area (Å²) in [5.41, 5.74) is 1.88. The molecule has 0 bridgehead atoms. The molecule has 0 radical (unpaired) electrons. The molecule has 1 amide bonds. The van der Waals surface area contributed by atoms with Crippen LogP contribution in [0.3, 0.4) is 0 Å². The number of H-pyrrole nitrogens is 1. The lowest BCUT2D eigenvalue weighted by Gasteiger charge is -2.14. The summed E-state index contributed by atoms with van der Waals surface area (Å²) in [6.07, 6.45) is 2.05. The van der Waals surface area contributed by atoms with Crippen molar-refractivity contribution in [1.82, 2.24) is 10.3 Å². The van der Waals surface area contributed by atoms with E-state index < -0.39 is 6.09 Å². The molecule has 0 spiro atoms. The zero-order chi connectivity index (χ0) is 16.1. The number of hydrogen-bond acceptors (Lipinski definition) is 5. The van der Waals surface area contributed by atoms with Crippen molar-refractivity contribution >= 4 is 17.0 Å². The average molecular weight is 308 g/mol. The summed E-state index contributed by atoms with van der Waals surface area (Å²) >= 11 is 0. The predicted octanol–water partition coefficient (Wildman–Crippen LogP) is 2.09. The molecule has 0 saturated carbocycles. The highest BCUT2D eigenvalue weighted by molar-refractivity contribution is 5.94. The first-order valence-corrected chi connectivity index (χ1v) is 6.77. The number of hydrogen-bond donors (Lipinski definition) is 2. The minimum atomic E-state index is -0.453. The number of aromatic amines is 1. The van der Waals surface area contributed by atoms with Gasteiger partial charge in [-0.1, -0.05) is 0 Å². The topological polar surface area (TPSA) is 81.8 Å². The number of aromatic nitrogens is 1. The Labute approximate surface area is 128 Å². The van der Waals surface area contributed by atoms with Crippen LogP contribution in [0.15, 0.2) is 12.3 Å². The van der Waals surface area contributed by atoms with Gasteiger partial charge in [-0.2, -0.15) is 0 Å². The van der Waals surface area contributed by atoms with Crippen molar-refractivity contribution in [3.63, 3.8) is 0 Å². The Hall–Kier alpha value is -2.57. The van der Waals surface area contributed by atoms with E-state index in [0.717, 1.165) is 16.5 Å². The number of rotatable bonds is 6. The third kappa shape index (κ3) is 2.88. The lowest BCUT2D eigenvalue weighted by Crippen LogP contribution is -2.25. The smallest absolute Gasteiger partial charge is 0.406 e. The summed E-state index contributed by atoms with van der Waals surface area (Å²) < 4.78 is 20.8. The Morgan fingerprint density at radius 1 is 1.14 bits per heavy atom. The third-order valence-corrected chi connectivity index (χ3v) is 3.40. The van der Waals surface area contributed by atoms with Gasteiger partial charge in [-0.25, -0.2) is 4.79 Å². The van der Waals surface area contributed by atoms with Crippen molar-refractivity contribution in [3.8, 4) is 17.2 Å². The maximum Gasteiger partial charge on any atom is 0.406 e. The van der Waals surface area contributed by atoms with Crippen molar-refractivity contribution in [2.45, 2.75) is 6.42 Å². The standard InChI is InChI=1S/C15H20N2O5/c1-19-11-7-10-12(14(21-3)13(11)20-2)9(8-17-10)5-6-16-15(18)22-4/h7-8,17H,5-6H2,1-4H3,(H,16,18). The maximum atomic E-state index is 11.1. The second-order valence-electron chi connectivity index (χ2n) is 4.55. The maximum absolute atomic E-state index is 11.1. The van der Waals surface area contributed by atoms with Gasteiger partial charge in [0, 0.05) is 24.2 Å². The lowest BCUT2D eigenvalue weighted by molar-refractivity contribution is 0.171. The Morgan fingerprint density at radius 3 is 2.45 bits per heavy atom. The molecule has 0 unspecified atom stereocenters. The second kappa shape index (κ2) is 6.93. The highest BCUT2D eigenvalue weighted by Crippen LogP contribution is 2.44. The van der Waals surface area contributed by atoms with Crippen molar-refractivity contribution in [1.29, 1.82) is 0 Å². The molecule has 7 nitrogen and oxygen atoms in total. The number of nitrogens with one attached hydrogen (secondary N) is 2. The van der Waals surface area contributed by atoms with Gasteiger partial charge < -0.3 is 29.2 Å². The van der Waals surface area contributed by atoms with E-state index in [0.29, 0.717) is 30.2 Å². The molecule has 22 heavy (non-hydrogen) atoms. The predicted molar refractivity (Wildman–Crippen MR) is 82.1 cm³/mol. The number of benzene rings is 1. The van der Waals surface area contributed by atoms with E-state index >= 15 is 0 Å². The van der Waals surface area contributed by atoms with Gasteiger partial charge in [0.25, 0.3) is 0 Å². The molecule has 2 rings (SSSR count). The van der Waals surface area contributed by atoms with Gasteiger partial charge in [0.2, 0.25) is 5.75 Å². The SMILES string of the molecule is COC(=O)NCCc1c[nH]c2cc(OC)c(OC)c(OC)c12. The van der Waals surface area contributed by atoms with Crippen molar-refractivity contribution in [2.24, 2.45) is 0 Å². The monoisotopic (exact) mass is 308 g/mol. The number of amides is 1. The first-order chi connectivity index (χ1) is 10.7. The number of carbonyl (C=O) groups excluding carboxylic acids is 1. The highest BCUT2D eigenvalue weighted by Gasteiger charge is 2.19. The number of methoxy groups -OCH3 is 4. The van der Waals surface area contributed by atoms with Crippen LogP contribution < -0.4 is 19.5 Å². The molecule has 1 aromatic carbocycles. The van der Waals surface area contributed by atoms with Crippen molar-refractivity contribution in [2.75, 3.05) is 35.0 Å². The van der Waals surface area contributed by atoms with Crippen LogP contribution in [0, 0.1) is 0 Å². The fourth-order valence-corrected chi connectivity index (χ4v) is 2.39. The molecule has 0 aliphatic heterocycles. The molecule has 2 N–H and O–H groups in total. The molecule has 0 fully saturated rings. The molecule has 0 saturated heterocycles. The Kier molecular flexibility index (Phi) is 4.98. The molecular formula is C15H20N2O5. The van der Waals surface area contributed by atoms with E-state index in [4.69, 9.17) is 14.2 Å². The van der Waals surface area contributed by atoms with Crippen LogP contribution in [0.4, 0.5) is 4.79 Å². The Bertz CT molecular complexity index is 665. The van der Waals surface area contributed by atoms with Crippen LogP contribution >= 0.6 is 0 Å². The molecule has 0 aliphatic carbocycles. The third-order valence-electron chi connectivity index (χ3n) is 3.40. The van der Waals surface area contributed by atoms with E-state index in [2.05, 4.69) is 15.0 Å². The second-order valence-corrected chi connectivity index (χ2v) is 4.55. The van der Waals surface area contributed by atoms with Gasteiger partial charge in [-0.15, -0.1) is 0 Å². The van der Waals surface area contributed by atoms with E-state index in [1.807, 2.05) is 12.3 Å². The van der Waals surface area contributed by atoms with Gasteiger partial charge in [-0.05, 0) is 12.0 Å². The van der Waals surface area contributed by atoms with Crippen LogP contribution in [0.1, 0.15) is 5.56 Å². The van der Waals surface area contributed by atoms with Crippen LogP contribution in [0.2, 0.25) is 0 Å². The zero-order valence-electron chi connectivity index (χ0n) is 13.1. The van der Waals surface area contributed by atoms with Gasteiger partial charge >= 0.3 is 6.09 Å². The van der Waals surface area contributed by atoms with Gasteiger partial charge in [0.15, 0.2) is 11.5 Å². The summed E-state index contributed by atoms with van der Waals surface area (Å²) in [7, 11) is 6.06. The minimum absolute atomic E-state index is 0.453. The summed E-state index contributed by atoms with van der Waals surface area (Å²) in [4.78, 5) is 14.3. The summed E-state index contributed by atoms with van der Waals surface area (Å²) in [5, 5.41) is 3.56. The van der Waals surface area contributed by atoms with Crippen LogP contribution in [-0.2, 0) is 11.2 Å². The normalized spacial score (nSPS) is 10.4. The molecule has 1 aromatic heterocycles. The van der Waals surface area contributed by atoms with Crippen LogP contribution in [-0.4, -0.2) is 46.1 Å². The molecule has 7 heteroatoms. The fourth-order valence-electron chi connectivity index (χ4n) is 2.39. The lowest BCUT2D eigenvalue weighted by atomic mass is 10.1. The van der Waals surface area contributed by atoms with Crippen LogP contribution in [0.25, 0.3) is 10.9 Å². The van der Waals surface area contributed by atoms with Gasteiger partial charge in [0.05, 0.1) is 34.0 Å². The van der Waals surface area contributed by atoms with Gasteiger partial charge in [-0.3, -0.25) is 0 Å². The van der Waals surface area contributed by atoms with Crippen LogP contribution in [0.5, 0.6) is 17.2 Å². The number of alkyl carbamates (subject to hydrolysis) is 1. The van der Waals surface area contributed by atoms with Gasteiger partial charge in [0.1, 0.15) is 0 Å². The quantitative estimate of drug-likeness (QED) is 0.854. The number of fused-ring (bicyclic) bond motifs is 1. The van der Waals surface area contributed by atoms with E-state index in [1.54, 1.807) is 21.3 Å². The Morgan fingerprint density at radius 2 is 1.86 bits per heavy atom. The van der Waals surface area contributed by atoms with Crippen molar-refractivity contribution < 1.29 is 23.7 Å². The fraction of sp³-hybridized carbons (Fsp3) is 0.400. The van der Waals surface area contributed by atoms with E-state index in [9.17, 15) is 4.79 Å². The average Bonchev–Trinajstić information content (AvgIpc) is 2.95. The number of carbonyl (C=O) groups is 1. The molecule has 2 aromatic rings. The van der Waals surface area contributed by atoms with E-state index in [1.165, 1.54) is 7.11 Å². The summed E-state index contributed by atoms with van der Waals surface area (Å²) in [6, 6.07) is 1.86. The summed E-state index contributed by atoms with van der Waals surface area (Å²) in [6.45, 7) is 0.455. The Balaban J connectivity index is 2.38. The molecular weight excluding hydrogens is 288 g/mol. The molecule has 120 valence electrons. The number of ether oxygens (including phenoxy) is 4. The molecule has 1 heterocycles. The van der Waals surface area contributed by atoms with Crippen molar-refractivity contribution in [3.05, 3.63) is 17.8 Å². The molecule has 0 aliphatic rings. The molecule has 0 atom stereocenters.